The van der Waals surface area contributed by atoms with Crippen molar-refractivity contribution < 1.29 is 4.74 Å². The number of hydrogen-bond acceptors (Lipinski definition) is 3. The molecule has 3 heteroatoms. The SMILES string of the molecule is CCCCC1CCC(C2CCC(CC(C)/C=C/C3CCC(OCc4cc(N)cc(N)c4)CC3)CC2)CC1. The minimum Gasteiger partial charge on any atom is -0.399 e. The molecule has 0 radical (unpaired) electrons. The Bertz CT molecular complexity index is 791. The van der Waals surface area contributed by atoms with Gasteiger partial charge < -0.3 is 16.2 Å². The third-order valence-corrected chi connectivity index (χ3v) is 10.1. The Kier molecular flexibility index (Phi) is 11.3. The smallest absolute Gasteiger partial charge is 0.0722 e. The Labute approximate surface area is 228 Å². The Morgan fingerprint density at radius 3 is 2.00 bits per heavy atom. The molecule has 0 saturated heterocycles. The maximum atomic E-state index is 6.19. The molecule has 3 fully saturated rings. The van der Waals surface area contributed by atoms with Gasteiger partial charge >= 0.3 is 0 Å². The molecule has 0 aliphatic heterocycles. The van der Waals surface area contributed by atoms with E-state index in [9.17, 15) is 0 Å². The van der Waals surface area contributed by atoms with Crippen LogP contribution >= 0.6 is 0 Å². The number of ether oxygens (including phenoxy) is 1. The van der Waals surface area contributed by atoms with Gasteiger partial charge in [0.25, 0.3) is 0 Å². The van der Waals surface area contributed by atoms with E-state index in [1.807, 2.05) is 12.1 Å². The molecule has 3 aliphatic carbocycles. The van der Waals surface area contributed by atoms with Crippen LogP contribution in [-0.2, 0) is 11.3 Å². The van der Waals surface area contributed by atoms with Crippen molar-refractivity contribution in [1.82, 2.24) is 0 Å². The fraction of sp³-hybridized carbons (Fsp3) is 0.765. The van der Waals surface area contributed by atoms with Crippen molar-refractivity contribution in [2.75, 3.05) is 11.5 Å². The first-order chi connectivity index (χ1) is 18.0. The predicted molar refractivity (Wildman–Crippen MR) is 159 cm³/mol. The first kappa shape index (κ1) is 28.5. The van der Waals surface area contributed by atoms with Crippen molar-refractivity contribution in [3.8, 4) is 0 Å². The summed E-state index contributed by atoms with van der Waals surface area (Å²) < 4.78 is 6.19. The Balaban J connectivity index is 1.08. The fourth-order valence-electron chi connectivity index (χ4n) is 7.78. The van der Waals surface area contributed by atoms with Gasteiger partial charge in [0.1, 0.15) is 0 Å². The maximum Gasteiger partial charge on any atom is 0.0722 e. The highest BCUT2D eigenvalue weighted by Gasteiger charge is 2.31. The molecule has 0 aromatic heterocycles. The van der Waals surface area contributed by atoms with Gasteiger partial charge in [-0.05, 0) is 117 Å². The molecular weight excluding hydrogens is 452 g/mol. The van der Waals surface area contributed by atoms with Crippen LogP contribution in [0.2, 0.25) is 0 Å². The highest BCUT2D eigenvalue weighted by molar-refractivity contribution is 5.54. The van der Waals surface area contributed by atoms with E-state index in [0.717, 1.165) is 65.3 Å². The maximum absolute atomic E-state index is 6.19. The van der Waals surface area contributed by atoms with Gasteiger partial charge in [-0.1, -0.05) is 70.9 Å². The van der Waals surface area contributed by atoms with Crippen LogP contribution in [0, 0.1) is 35.5 Å². The molecule has 4 rings (SSSR count). The number of nitrogen functional groups attached to an aromatic ring is 2. The van der Waals surface area contributed by atoms with Gasteiger partial charge in [-0.2, -0.15) is 0 Å². The van der Waals surface area contributed by atoms with Crippen LogP contribution < -0.4 is 11.5 Å². The number of rotatable bonds is 11. The second-order valence-electron chi connectivity index (χ2n) is 13.2. The van der Waals surface area contributed by atoms with Crippen molar-refractivity contribution in [3.05, 3.63) is 35.9 Å². The zero-order valence-electron chi connectivity index (χ0n) is 24.0. The van der Waals surface area contributed by atoms with Gasteiger partial charge in [-0.25, -0.2) is 0 Å². The van der Waals surface area contributed by atoms with Crippen LogP contribution in [0.25, 0.3) is 0 Å². The van der Waals surface area contributed by atoms with E-state index in [4.69, 9.17) is 16.2 Å². The number of nitrogens with two attached hydrogens (primary N) is 2. The number of hydrogen-bond donors (Lipinski definition) is 2. The molecule has 0 bridgehead atoms. The van der Waals surface area contributed by atoms with E-state index in [2.05, 4.69) is 26.0 Å². The highest BCUT2D eigenvalue weighted by Crippen LogP contribution is 2.43. The lowest BCUT2D eigenvalue weighted by molar-refractivity contribution is 0.0110. The van der Waals surface area contributed by atoms with Crippen molar-refractivity contribution in [2.45, 2.75) is 129 Å². The van der Waals surface area contributed by atoms with Crippen LogP contribution in [0.5, 0.6) is 0 Å². The largest absolute Gasteiger partial charge is 0.399 e. The average molecular weight is 509 g/mol. The molecule has 1 atom stereocenters. The van der Waals surface area contributed by atoms with Crippen LogP contribution in [0.1, 0.15) is 122 Å². The normalized spacial score (nSPS) is 31.9. The summed E-state index contributed by atoms with van der Waals surface area (Å²) in [4.78, 5) is 0. The Morgan fingerprint density at radius 1 is 0.811 bits per heavy atom. The molecule has 1 aromatic rings. The van der Waals surface area contributed by atoms with Crippen molar-refractivity contribution in [3.63, 3.8) is 0 Å². The second-order valence-corrected chi connectivity index (χ2v) is 13.2. The summed E-state index contributed by atoms with van der Waals surface area (Å²) in [6.07, 6.45) is 28.1. The van der Waals surface area contributed by atoms with E-state index in [1.165, 1.54) is 89.9 Å². The molecule has 1 aromatic carbocycles. The number of unbranched alkanes of at least 4 members (excludes halogenated alkanes) is 1. The molecule has 208 valence electrons. The van der Waals surface area contributed by atoms with Gasteiger partial charge in [0, 0.05) is 11.4 Å². The summed E-state index contributed by atoms with van der Waals surface area (Å²) >= 11 is 0. The first-order valence-electron chi connectivity index (χ1n) is 15.9. The summed E-state index contributed by atoms with van der Waals surface area (Å²) in [6.45, 7) is 5.40. The van der Waals surface area contributed by atoms with E-state index in [1.54, 1.807) is 6.07 Å². The Hall–Kier alpha value is -1.48. The van der Waals surface area contributed by atoms with Crippen LogP contribution in [0.15, 0.2) is 30.4 Å². The number of allylic oxidation sites excluding steroid dienone is 2. The standard InChI is InChI=1S/C34H56N2O/c1-3-4-5-26-8-14-30(15-9-26)31-16-10-28(11-17-31)20-25(2)6-7-27-12-18-34(19-13-27)37-24-29-21-32(35)23-33(36)22-29/h6-7,21-23,25-28,30-31,34H,3-5,8-20,24,35-36H2,1-2H3/b7-6+. The van der Waals surface area contributed by atoms with Crippen LogP contribution in [0.3, 0.4) is 0 Å². The Morgan fingerprint density at radius 2 is 1.41 bits per heavy atom. The molecule has 0 heterocycles. The monoisotopic (exact) mass is 508 g/mol. The molecule has 4 N–H and O–H groups in total. The zero-order valence-corrected chi connectivity index (χ0v) is 24.0. The van der Waals surface area contributed by atoms with Crippen molar-refractivity contribution in [1.29, 1.82) is 0 Å². The fourth-order valence-corrected chi connectivity index (χ4v) is 7.78. The van der Waals surface area contributed by atoms with Gasteiger partial charge in [0.05, 0.1) is 12.7 Å². The minimum absolute atomic E-state index is 0.367. The highest BCUT2D eigenvalue weighted by atomic mass is 16.5. The molecule has 37 heavy (non-hydrogen) atoms. The average Bonchev–Trinajstić information content (AvgIpc) is 2.90. The molecule has 3 aliphatic rings. The topological polar surface area (TPSA) is 61.3 Å². The van der Waals surface area contributed by atoms with E-state index in [-0.39, 0.29) is 0 Å². The lowest BCUT2D eigenvalue weighted by atomic mass is 9.68. The molecule has 1 unspecified atom stereocenters. The quantitative estimate of drug-likeness (QED) is 0.231. The zero-order chi connectivity index (χ0) is 26.0. The van der Waals surface area contributed by atoms with Crippen LogP contribution in [-0.4, -0.2) is 6.10 Å². The number of anilines is 2. The van der Waals surface area contributed by atoms with E-state index >= 15 is 0 Å². The summed E-state index contributed by atoms with van der Waals surface area (Å²) in [6, 6.07) is 5.74. The van der Waals surface area contributed by atoms with Gasteiger partial charge in [0.15, 0.2) is 0 Å². The summed E-state index contributed by atoms with van der Waals surface area (Å²) in [5.74, 6) is 5.56. The molecule has 0 spiro atoms. The van der Waals surface area contributed by atoms with E-state index in [0.29, 0.717) is 12.7 Å². The third kappa shape index (κ3) is 9.34. The summed E-state index contributed by atoms with van der Waals surface area (Å²) in [7, 11) is 0. The van der Waals surface area contributed by atoms with E-state index < -0.39 is 0 Å². The molecule has 3 nitrogen and oxygen atoms in total. The minimum atomic E-state index is 0.367. The van der Waals surface area contributed by atoms with Crippen LogP contribution in [0.4, 0.5) is 11.4 Å². The summed E-state index contributed by atoms with van der Waals surface area (Å²) in [5.41, 5.74) is 14.3. The van der Waals surface area contributed by atoms with Gasteiger partial charge in [-0.15, -0.1) is 0 Å². The lowest BCUT2D eigenvalue weighted by Gasteiger charge is -2.38. The van der Waals surface area contributed by atoms with Crippen molar-refractivity contribution >= 4 is 11.4 Å². The lowest BCUT2D eigenvalue weighted by Crippen LogP contribution is -2.26. The third-order valence-electron chi connectivity index (χ3n) is 10.1. The molecular formula is C34H56N2O. The molecule has 3 saturated carbocycles. The van der Waals surface area contributed by atoms with Gasteiger partial charge in [0.2, 0.25) is 0 Å². The predicted octanol–water partition coefficient (Wildman–Crippen LogP) is 9.31. The second kappa shape index (κ2) is 14.6. The summed E-state index contributed by atoms with van der Waals surface area (Å²) in [5, 5.41) is 0. The first-order valence-corrected chi connectivity index (χ1v) is 15.9. The van der Waals surface area contributed by atoms with Crippen molar-refractivity contribution in [2.24, 2.45) is 35.5 Å². The number of benzene rings is 1. The molecule has 0 amide bonds. The van der Waals surface area contributed by atoms with Gasteiger partial charge in [-0.3, -0.25) is 0 Å².